The van der Waals surface area contributed by atoms with Crippen molar-refractivity contribution in [1.29, 1.82) is 0 Å². The van der Waals surface area contributed by atoms with E-state index in [2.05, 4.69) is 5.32 Å². The molecule has 0 unspecified atom stereocenters. The minimum Gasteiger partial charge on any atom is -0.463 e. The summed E-state index contributed by atoms with van der Waals surface area (Å²) in [4.78, 5) is 13.2. The van der Waals surface area contributed by atoms with Crippen molar-refractivity contribution in [3.63, 3.8) is 0 Å². The molecule has 1 heterocycles. The number of nitrogens with one attached hydrogen (secondary N) is 1. The van der Waals surface area contributed by atoms with E-state index in [4.69, 9.17) is 9.47 Å². The molecule has 1 saturated heterocycles. The Hall–Kier alpha value is -1.86. The quantitative estimate of drug-likeness (QED) is 0.703. The largest absolute Gasteiger partial charge is 0.463 e. The third-order valence-corrected chi connectivity index (χ3v) is 3.73. The van der Waals surface area contributed by atoms with Crippen molar-refractivity contribution < 1.29 is 23.8 Å². The predicted molar refractivity (Wildman–Crippen MR) is 89.8 cm³/mol. The fourth-order valence-electron chi connectivity index (χ4n) is 2.44. The first kappa shape index (κ1) is 18.5. The third-order valence-electron chi connectivity index (χ3n) is 3.73. The highest BCUT2D eigenvalue weighted by Crippen LogP contribution is 2.23. The number of morpholine rings is 1. The molecule has 0 saturated carbocycles. The van der Waals surface area contributed by atoms with Crippen LogP contribution in [0.3, 0.4) is 0 Å². The molecular weight excluding hydrogens is 315 g/mol. The van der Waals surface area contributed by atoms with Crippen LogP contribution in [0, 0.1) is 5.82 Å². The molecule has 1 aromatic rings. The van der Waals surface area contributed by atoms with E-state index in [1.165, 1.54) is 6.07 Å². The summed E-state index contributed by atoms with van der Waals surface area (Å²) < 4.78 is 24.4. The summed E-state index contributed by atoms with van der Waals surface area (Å²) in [6.07, 6.45) is 0.212. The molecule has 6 nitrogen and oxygen atoms in total. The number of benzene rings is 1. The van der Waals surface area contributed by atoms with Crippen LogP contribution in [-0.2, 0) is 14.3 Å². The van der Waals surface area contributed by atoms with Crippen molar-refractivity contribution in [3.05, 3.63) is 24.0 Å². The number of ether oxygens (including phenoxy) is 2. The van der Waals surface area contributed by atoms with E-state index in [9.17, 15) is 14.3 Å². The van der Waals surface area contributed by atoms with Crippen LogP contribution in [0.5, 0.6) is 0 Å². The molecule has 2 N–H and O–H groups in total. The summed E-state index contributed by atoms with van der Waals surface area (Å²) in [5, 5.41) is 12.7. The van der Waals surface area contributed by atoms with Crippen molar-refractivity contribution in [2.24, 2.45) is 0 Å². The van der Waals surface area contributed by atoms with Gasteiger partial charge in [0.25, 0.3) is 0 Å². The average Bonchev–Trinajstić information content (AvgIpc) is 2.59. The highest BCUT2D eigenvalue weighted by atomic mass is 19.1. The maximum absolute atomic E-state index is 14.2. The van der Waals surface area contributed by atoms with Gasteiger partial charge in [0.05, 0.1) is 18.9 Å². The fraction of sp³-hybridized carbons (Fsp3) is 0.588. The number of esters is 1. The molecule has 24 heavy (non-hydrogen) atoms. The average molecular weight is 340 g/mol. The van der Waals surface area contributed by atoms with E-state index in [1.807, 2.05) is 11.8 Å². The molecule has 134 valence electrons. The van der Waals surface area contributed by atoms with Crippen LogP contribution in [-0.4, -0.2) is 56.6 Å². The Kier molecular flexibility index (Phi) is 7.27. The second kappa shape index (κ2) is 9.44. The first-order valence-corrected chi connectivity index (χ1v) is 8.30. The van der Waals surface area contributed by atoms with Gasteiger partial charge in [-0.3, -0.25) is 4.79 Å². The summed E-state index contributed by atoms with van der Waals surface area (Å²) in [7, 11) is 0. The lowest BCUT2D eigenvalue weighted by molar-refractivity contribution is -0.146. The predicted octanol–water partition coefficient (Wildman–Crippen LogP) is 1.78. The first-order valence-electron chi connectivity index (χ1n) is 8.30. The minimum absolute atomic E-state index is 0.0693. The zero-order chi connectivity index (χ0) is 17.4. The van der Waals surface area contributed by atoms with Gasteiger partial charge in [-0.1, -0.05) is 6.92 Å². The summed E-state index contributed by atoms with van der Waals surface area (Å²) in [5.41, 5.74) is 1.13. The van der Waals surface area contributed by atoms with Crippen LogP contribution in [0.15, 0.2) is 18.2 Å². The Morgan fingerprint density at radius 1 is 1.46 bits per heavy atom. The standard InChI is InChI=1S/C17H25FN2O4/c1-2-3-17(22)24-12-14(21)11-19-13-4-5-16(15(18)10-13)20-6-8-23-9-7-20/h4-5,10,14,19,21H,2-3,6-9,11-12H2,1H3/t14-/m1/s1. The number of carbonyl (C=O) groups is 1. The Morgan fingerprint density at radius 3 is 2.88 bits per heavy atom. The number of anilines is 2. The van der Waals surface area contributed by atoms with Crippen molar-refractivity contribution >= 4 is 17.3 Å². The second-order valence-corrected chi connectivity index (χ2v) is 5.73. The number of hydrogen-bond donors (Lipinski definition) is 2. The number of aliphatic hydroxyl groups excluding tert-OH is 1. The maximum Gasteiger partial charge on any atom is 0.305 e. The molecule has 0 aromatic heterocycles. The van der Waals surface area contributed by atoms with E-state index < -0.39 is 6.10 Å². The Labute approximate surface area is 141 Å². The number of rotatable bonds is 8. The van der Waals surface area contributed by atoms with Crippen LogP contribution in [0.2, 0.25) is 0 Å². The van der Waals surface area contributed by atoms with Gasteiger partial charge in [0.2, 0.25) is 0 Å². The number of nitrogens with zero attached hydrogens (tertiary/aromatic N) is 1. The summed E-state index contributed by atoms with van der Waals surface area (Å²) in [6.45, 7) is 4.53. The number of hydrogen-bond acceptors (Lipinski definition) is 6. The van der Waals surface area contributed by atoms with Gasteiger partial charge in [-0.25, -0.2) is 4.39 Å². The lowest BCUT2D eigenvalue weighted by Crippen LogP contribution is -2.36. The van der Waals surface area contributed by atoms with Crippen molar-refractivity contribution in [2.75, 3.05) is 49.7 Å². The highest BCUT2D eigenvalue weighted by molar-refractivity contribution is 5.69. The number of aliphatic hydroxyl groups is 1. The van der Waals surface area contributed by atoms with Crippen LogP contribution in [0.4, 0.5) is 15.8 Å². The molecule has 0 aliphatic carbocycles. The summed E-state index contributed by atoms with van der Waals surface area (Å²) in [6, 6.07) is 4.89. The molecule has 7 heteroatoms. The lowest BCUT2D eigenvalue weighted by atomic mass is 10.2. The van der Waals surface area contributed by atoms with E-state index in [1.54, 1.807) is 12.1 Å². The highest BCUT2D eigenvalue weighted by Gasteiger charge is 2.15. The van der Waals surface area contributed by atoms with Crippen molar-refractivity contribution in [1.82, 2.24) is 0 Å². The molecule has 1 aliphatic rings. The number of halogens is 1. The van der Waals surface area contributed by atoms with Gasteiger partial charge in [0.15, 0.2) is 0 Å². The number of carbonyl (C=O) groups excluding carboxylic acids is 1. The Morgan fingerprint density at radius 2 is 2.21 bits per heavy atom. The van der Waals surface area contributed by atoms with E-state index >= 15 is 0 Å². The van der Waals surface area contributed by atoms with Gasteiger partial charge >= 0.3 is 5.97 Å². The molecule has 0 spiro atoms. The Bertz CT molecular complexity index is 535. The molecule has 1 atom stereocenters. The second-order valence-electron chi connectivity index (χ2n) is 5.73. The molecule has 0 radical (unpaired) electrons. The first-order chi connectivity index (χ1) is 11.6. The van der Waals surface area contributed by atoms with Gasteiger partial charge in [0.1, 0.15) is 18.5 Å². The molecule has 1 fully saturated rings. The molecule has 0 amide bonds. The molecule has 1 aromatic carbocycles. The SMILES string of the molecule is CCCC(=O)OC[C@H](O)CNc1ccc(N2CCOCC2)c(F)c1. The zero-order valence-corrected chi connectivity index (χ0v) is 14.0. The Balaban J connectivity index is 1.80. The molecular formula is C17H25FN2O4. The lowest BCUT2D eigenvalue weighted by Gasteiger charge is -2.29. The van der Waals surface area contributed by atoms with Crippen molar-refractivity contribution in [2.45, 2.75) is 25.9 Å². The van der Waals surface area contributed by atoms with Gasteiger partial charge in [0, 0.05) is 31.7 Å². The van der Waals surface area contributed by atoms with Gasteiger partial charge in [-0.15, -0.1) is 0 Å². The zero-order valence-electron chi connectivity index (χ0n) is 14.0. The van der Waals surface area contributed by atoms with E-state index in [0.717, 1.165) is 0 Å². The summed E-state index contributed by atoms with van der Waals surface area (Å²) in [5.74, 6) is -0.636. The van der Waals surface area contributed by atoms with Crippen LogP contribution in [0.1, 0.15) is 19.8 Å². The molecule has 0 bridgehead atoms. The third kappa shape index (κ3) is 5.65. The van der Waals surface area contributed by atoms with Crippen LogP contribution < -0.4 is 10.2 Å². The smallest absolute Gasteiger partial charge is 0.305 e. The normalized spacial score (nSPS) is 15.9. The van der Waals surface area contributed by atoms with Gasteiger partial charge < -0.3 is 24.8 Å². The van der Waals surface area contributed by atoms with E-state index in [-0.39, 0.29) is 24.9 Å². The summed E-state index contributed by atoms with van der Waals surface area (Å²) >= 11 is 0. The van der Waals surface area contributed by atoms with Crippen LogP contribution in [0.25, 0.3) is 0 Å². The maximum atomic E-state index is 14.2. The monoisotopic (exact) mass is 340 g/mol. The minimum atomic E-state index is -0.840. The van der Waals surface area contributed by atoms with Crippen molar-refractivity contribution in [3.8, 4) is 0 Å². The molecule has 2 rings (SSSR count). The van der Waals surface area contributed by atoms with Crippen LogP contribution >= 0.6 is 0 Å². The fourth-order valence-corrected chi connectivity index (χ4v) is 2.44. The van der Waals surface area contributed by atoms with Gasteiger partial charge in [-0.2, -0.15) is 0 Å². The van der Waals surface area contributed by atoms with Gasteiger partial charge in [-0.05, 0) is 24.6 Å². The molecule has 1 aliphatic heterocycles. The van der Waals surface area contributed by atoms with E-state index in [0.29, 0.717) is 50.5 Å². The topological polar surface area (TPSA) is 71.0 Å².